The highest BCUT2D eigenvalue weighted by Crippen LogP contribution is 2.37. The van der Waals surface area contributed by atoms with Gasteiger partial charge >= 0.3 is 0 Å². The molecule has 0 radical (unpaired) electrons. The third kappa shape index (κ3) is 5.91. The predicted molar refractivity (Wildman–Crippen MR) is 241 cm³/mol. The second kappa shape index (κ2) is 14.1. The van der Waals surface area contributed by atoms with Crippen molar-refractivity contribution in [3.63, 3.8) is 0 Å². The fourth-order valence-corrected chi connectivity index (χ4v) is 8.46. The lowest BCUT2D eigenvalue weighted by molar-refractivity contribution is 1.07. The molecule has 0 unspecified atom stereocenters. The molecule has 58 heavy (non-hydrogen) atoms. The lowest BCUT2D eigenvalue weighted by atomic mass is 9.91. The molecule has 0 bridgehead atoms. The lowest BCUT2D eigenvalue weighted by Crippen LogP contribution is -2.02. The van der Waals surface area contributed by atoms with Crippen molar-refractivity contribution >= 4 is 44.2 Å². The topological polar surface area (TPSA) is 43.6 Å². The van der Waals surface area contributed by atoms with Gasteiger partial charge in [0.15, 0.2) is 17.5 Å². The summed E-state index contributed by atoms with van der Waals surface area (Å²) in [5.41, 5.74) is 13.5. The molecule has 4 heteroatoms. The summed E-state index contributed by atoms with van der Waals surface area (Å²) in [4.78, 5) is 15.4. The van der Waals surface area contributed by atoms with E-state index in [1.165, 1.54) is 49.6 Å². The van der Waals surface area contributed by atoms with Crippen LogP contribution >= 0.6 is 0 Å². The van der Waals surface area contributed by atoms with Gasteiger partial charge in [-0.1, -0.05) is 170 Å². The number of hydrogen-bond acceptors (Lipinski definition) is 3. The van der Waals surface area contributed by atoms with Gasteiger partial charge in [-0.05, 0) is 87.0 Å². The van der Waals surface area contributed by atoms with Gasteiger partial charge < -0.3 is 4.57 Å². The van der Waals surface area contributed by atoms with Crippen molar-refractivity contribution < 1.29 is 0 Å². The van der Waals surface area contributed by atoms with Gasteiger partial charge in [0.05, 0.1) is 11.0 Å². The van der Waals surface area contributed by atoms with Gasteiger partial charge in [-0.15, -0.1) is 0 Å². The molecule has 10 aromatic rings. The van der Waals surface area contributed by atoms with Gasteiger partial charge in [0.25, 0.3) is 0 Å². The maximum Gasteiger partial charge on any atom is 0.164 e. The van der Waals surface area contributed by atoms with Crippen LogP contribution in [0.1, 0.15) is 23.1 Å². The minimum atomic E-state index is 0.643. The monoisotopic (exact) mass is 740 g/mol. The van der Waals surface area contributed by atoms with Crippen LogP contribution in [0.25, 0.3) is 95.2 Å². The molecule has 0 saturated heterocycles. The molecule has 0 atom stereocenters. The Labute approximate surface area is 336 Å². The van der Waals surface area contributed by atoms with Gasteiger partial charge in [-0.25, -0.2) is 15.0 Å². The second-order valence-corrected chi connectivity index (χ2v) is 14.8. The summed E-state index contributed by atoms with van der Waals surface area (Å²) in [6.07, 6.45) is 7.59. The standard InChI is InChI=1S/C54H36N4/c1-3-14-37(15-4-1)44-18-7-8-19-46-45(44)22-13-23-49(46)54-56-52(38-16-5-2-6-17-38)55-53(57-54)42-29-28-40-34-39(26-27-41(40)35-42)36-30-32-43(33-31-36)58-50-24-11-9-20-47(50)48-21-10-12-25-51(48)58/h1-6,8-35H,7H2. The summed E-state index contributed by atoms with van der Waals surface area (Å²) in [6, 6.07) is 66.6. The molecule has 0 N–H and O–H groups in total. The summed E-state index contributed by atoms with van der Waals surface area (Å²) in [5.74, 6) is 1.94. The van der Waals surface area contributed by atoms with E-state index < -0.39 is 0 Å². The van der Waals surface area contributed by atoms with E-state index in [-0.39, 0.29) is 0 Å². The Bertz CT molecular complexity index is 3180. The Kier molecular flexibility index (Phi) is 8.18. The molecular weight excluding hydrogens is 705 g/mol. The van der Waals surface area contributed by atoms with Crippen LogP contribution < -0.4 is 0 Å². The van der Waals surface area contributed by atoms with Crippen LogP contribution in [0.4, 0.5) is 0 Å². The molecule has 0 saturated carbocycles. The van der Waals surface area contributed by atoms with Crippen molar-refractivity contribution in [3.05, 3.63) is 217 Å². The molecule has 1 aliphatic rings. The van der Waals surface area contributed by atoms with Crippen LogP contribution in [0.3, 0.4) is 0 Å². The molecule has 272 valence electrons. The Morgan fingerprint density at radius 2 is 0.948 bits per heavy atom. The summed E-state index contributed by atoms with van der Waals surface area (Å²) in [6.45, 7) is 0. The zero-order valence-electron chi connectivity index (χ0n) is 31.6. The number of allylic oxidation sites excluding steroid dienone is 2. The number of fused-ring (bicyclic) bond motifs is 5. The van der Waals surface area contributed by atoms with E-state index in [0.29, 0.717) is 17.5 Å². The van der Waals surface area contributed by atoms with Crippen molar-refractivity contribution in [1.82, 2.24) is 19.5 Å². The van der Waals surface area contributed by atoms with E-state index >= 15 is 0 Å². The normalized spacial score (nSPS) is 12.4. The first-order chi connectivity index (χ1) is 28.7. The van der Waals surface area contributed by atoms with Crippen molar-refractivity contribution in [2.45, 2.75) is 6.42 Å². The Morgan fingerprint density at radius 1 is 0.397 bits per heavy atom. The molecule has 0 spiro atoms. The summed E-state index contributed by atoms with van der Waals surface area (Å²) in [5, 5.41) is 4.81. The molecule has 4 nitrogen and oxygen atoms in total. The highest BCUT2D eigenvalue weighted by molar-refractivity contribution is 6.09. The number of aromatic nitrogens is 4. The van der Waals surface area contributed by atoms with Gasteiger partial charge in [-0.2, -0.15) is 0 Å². The number of rotatable bonds is 6. The number of para-hydroxylation sites is 2. The summed E-state index contributed by atoms with van der Waals surface area (Å²) < 4.78 is 2.36. The lowest BCUT2D eigenvalue weighted by Gasteiger charge is -2.15. The van der Waals surface area contributed by atoms with E-state index in [1.807, 2.05) is 18.2 Å². The van der Waals surface area contributed by atoms with Gasteiger partial charge in [0, 0.05) is 33.2 Å². The van der Waals surface area contributed by atoms with E-state index in [4.69, 9.17) is 15.0 Å². The molecule has 8 aromatic carbocycles. The molecule has 0 fully saturated rings. The van der Waals surface area contributed by atoms with Crippen LogP contribution in [-0.4, -0.2) is 19.5 Å². The van der Waals surface area contributed by atoms with E-state index in [2.05, 4.69) is 193 Å². The summed E-state index contributed by atoms with van der Waals surface area (Å²) in [7, 11) is 0. The first-order valence-corrected chi connectivity index (χ1v) is 19.8. The highest BCUT2D eigenvalue weighted by Gasteiger charge is 2.19. The van der Waals surface area contributed by atoms with Crippen molar-refractivity contribution in [3.8, 4) is 51.0 Å². The van der Waals surface area contributed by atoms with Crippen LogP contribution in [0, 0.1) is 0 Å². The molecule has 0 aliphatic heterocycles. The Balaban J connectivity index is 0.967. The molecular formula is C54H36N4. The second-order valence-electron chi connectivity index (χ2n) is 14.8. The van der Waals surface area contributed by atoms with E-state index in [1.54, 1.807) is 0 Å². The van der Waals surface area contributed by atoms with Crippen molar-refractivity contribution in [2.24, 2.45) is 0 Å². The minimum absolute atomic E-state index is 0.643. The number of hydrogen-bond donors (Lipinski definition) is 0. The van der Waals surface area contributed by atoms with Crippen LogP contribution in [0.5, 0.6) is 0 Å². The SMILES string of the molecule is C1=Cc2c(cccc2-c2nc(-c3ccccc3)nc(-c3ccc4cc(-c5ccc(-n6c7ccccc7c7ccccc76)cc5)ccc4c3)n2)C(c2ccccc2)=CC1. The molecule has 2 aromatic heterocycles. The highest BCUT2D eigenvalue weighted by atomic mass is 15.0. The fourth-order valence-electron chi connectivity index (χ4n) is 8.46. The molecule has 2 heterocycles. The van der Waals surface area contributed by atoms with Crippen LogP contribution in [-0.2, 0) is 0 Å². The number of nitrogens with zero attached hydrogens (tertiary/aromatic N) is 4. The average molecular weight is 741 g/mol. The van der Waals surface area contributed by atoms with Crippen molar-refractivity contribution in [1.29, 1.82) is 0 Å². The zero-order chi connectivity index (χ0) is 38.4. The van der Waals surface area contributed by atoms with Gasteiger partial charge in [0.2, 0.25) is 0 Å². The average Bonchev–Trinajstić information content (AvgIpc) is 3.47. The molecule has 11 rings (SSSR count). The maximum absolute atomic E-state index is 5.20. The number of benzene rings is 8. The first-order valence-electron chi connectivity index (χ1n) is 19.8. The molecule has 1 aliphatic carbocycles. The maximum atomic E-state index is 5.20. The van der Waals surface area contributed by atoms with Gasteiger partial charge in [-0.3, -0.25) is 0 Å². The van der Waals surface area contributed by atoms with E-state index in [9.17, 15) is 0 Å². The fraction of sp³-hybridized carbons (Fsp3) is 0.0185. The zero-order valence-corrected chi connectivity index (χ0v) is 31.6. The Hall–Kier alpha value is -7.69. The van der Waals surface area contributed by atoms with Crippen LogP contribution in [0.2, 0.25) is 0 Å². The third-order valence-electron chi connectivity index (χ3n) is 11.3. The predicted octanol–water partition coefficient (Wildman–Crippen LogP) is 13.6. The largest absolute Gasteiger partial charge is 0.309 e. The van der Waals surface area contributed by atoms with Crippen LogP contribution in [0.15, 0.2) is 200 Å². The first kappa shape index (κ1) is 33.6. The van der Waals surface area contributed by atoms with Gasteiger partial charge in [0.1, 0.15) is 0 Å². The third-order valence-corrected chi connectivity index (χ3v) is 11.3. The summed E-state index contributed by atoms with van der Waals surface area (Å²) >= 11 is 0. The van der Waals surface area contributed by atoms with Crippen molar-refractivity contribution in [2.75, 3.05) is 0 Å². The Morgan fingerprint density at radius 3 is 1.66 bits per heavy atom. The quantitative estimate of drug-likeness (QED) is 0.170. The molecule has 0 amide bonds. The van der Waals surface area contributed by atoms with E-state index in [0.717, 1.165) is 45.1 Å². The minimum Gasteiger partial charge on any atom is -0.309 e. The smallest absolute Gasteiger partial charge is 0.164 e.